The van der Waals surface area contributed by atoms with Crippen LogP contribution in [0.15, 0.2) is 36.9 Å². The molecule has 0 aromatic heterocycles. The van der Waals surface area contributed by atoms with E-state index < -0.39 is 0 Å². The zero-order valence-corrected chi connectivity index (χ0v) is 26.3. The lowest BCUT2D eigenvalue weighted by molar-refractivity contribution is -0.0275. The van der Waals surface area contributed by atoms with Gasteiger partial charge in [0.15, 0.2) is 0 Å². The van der Waals surface area contributed by atoms with Crippen LogP contribution in [0, 0.1) is 0 Å². The van der Waals surface area contributed by atoms with Crippen molar-refractivity contribution in [1.29, 1.82) is 0 Å². The molecule has 0 saturated carbocycles. The van der Waals surface area contributed by atoms with E-state index >= 15 is 0 Å². The topological polar surface area (TPSA) is 137 Å². The van der Waals surface area contributed by atoms with Gasteiger partial charge in [-0.05, 0) is 12.1 Å². The molecule has 0 saturated heterocycles. The Morgan fingerprint density at radius 2 is 0.682 bits per heavy atom. The van der Waals surface area contributed by atoms with E-state index in [0.717, 1.165) is 0 Å². The SMILES string of the molecule is C=CCOCCOCCOCCOCCOCCOCCOCCOCCOCCOCCOCCOc1ccccc1N. The average Bonchev–Trinajstić information content (AvgIpc) is 3.03. The summed E-state index contributed by atoms with van der Waals surface area (Å²) in [7, 11) is 0. The Hall–Kier alpha value is -1.88. The molecule has 0 heterocycles. The maximum atomic E-state index is 5.82. The normalized spacial score (nSPS) is 11.3. The predicted octanol–water partition coefficient (Wildman–Crippen LogP) is 2.02. The Balaban J connectivity index is 1.63. The summed E-state index contributed by atoms with van der Waals surface area (Å²) in [6.07, 6.45) is 1.71. The molecule has 1 aromatic carbocycles. The minimum Gasteiger partial charge on any atom is -0.489 e. The molecule has 13 nitrogen and oxygen atoms in total. The first-order valence-corrected chi connectivity index (χ1v) is 15.3. The third-order valence-corrected chi connectivity index (χ3v) is 5.36. The fourth-order valence-electron chi connectivity index (χ4n) is 3.19. The van der Waals surface area contributed by atoms with Gasteiger partial charge < -0.3 is 62.6 Å². The molecule has 1 aromatic rings. The highest BCUT2D eigenvalue weighted by Gasteiger charge is 1.99. The lowest BCUT2D eigenvalue weighted by Crippen LogP contribution is -2.15. The fourth-order valence-corrected chi connectivity index (χ4v) is 3.19. The van der Waals surface area contributed by atoms with Gasteiger partial charge in [0.05, 0.1) is 151 Å². The van der Waals surface area contributed by atoms with E-state index in [-0.39, 0.29) is 0 Å². The first kappa shape index (κ1) is 40.1. The second kappa shape index (κ2) is 34.0. The van der Waals surface area contributed by atoms with Crippen molar-refractivity contribution in [2.24, 2.45) is 0 Å². The molecule has 0 spiro atoms. The number of rotatable bonds is 36. The molecule has 0 aliphatic heterocycles. The lowest BCUT2D eigenvalue weighted by atomic mass is 10.3. The second-order valence-corrected chi connectivity index (χ2v) is 8.87. The Morgan fingerprint density at radius 3 is 0.977 bits per heavy atom. The first-order valence-electron chi connectivity index (χ1n) is 15.3. The zero-order valence-electron chi connectivity index (χ0n) is 26.3. The fraction of sp³-hybridized carbons (Fsp3) is 0.742. The number of hydrogen-bond donors (Lipinski definition) is 1. The van der Waals surface area contributed by atoms with Crippen molar-refractivity contribution in [2.45, 2.75) is 0 Å². The van der Waals surface area contributed by atoms with Crippen molar-refractivity contribution in [2.75, 3.05) is 158 Å². The van der Waals surface area contributed by atoms with E-state index in [2.05, 4.69) is 6.58 Å². The van der Waals surface area contributed by atoms with Gasteiger partial charge in [-0.15, -0.1) is 6.58 Å². The Morgan fingerprint density at radius 1 is 0.409 bits per heavy atom. The first-order chi connectivity index (χ1) is 21.8. The van der Waals surface area contributed by atoms with Gasteiger partial charge in [0.1, 0.15) is 12.4 Å². The molecule has 2 N–H and O–H groups in total. The highest BCUT2D eigenvalue weighted by atomic mass is 16.6. The summed E-state index contributed by atoms with van der Waals surface area (Å²) >= 11 is 0. The van der Waals surface area contributed by atoms with Crippen molar-refractivity contribution in [3.63, 3.8) is 0 Å². The van der Waals surface area contributed by atoms with E-state index in [1.165, 1.54) is 0 Å². The number of anilines is 1. The third kappa shape index (κ3) is 28.9. The van der Waals surface area contributed by atoms with Gasteiger partial charge in [-0.25, -0.2) is 0 Å². The smallest absolute Gasteiger partial charge is 0.142 e. The molecular formula is C31H55NO12. The van der Waals surface area contributed by atoms with Crippen LogP contribution in [0.4, 0.5) is 5.69 Å². The molecule has 0 radical (unpaired) electrons. The maximum absolute atomic E-state index is 5.82. The average molecular weight is 634 g/mol. The molecule has 0 aliphatic carbocycles. The number of ether oxygens (including phenoxy) is 12. The predicted molar refractivity (Wildman–Crippen MR) is 166 cm³/mol. The molecule has 44 heavy (non-hydrogen) atoms. The standard InChI is InChI=1S/C31H55NO12/c1-2-7-33-8-9-34-10-11-35-12-13-36-14-15-37-16-17-38-18-19-39-20-21-40-22-23-41-24-25-42-26-27-43-28-29-44-31-6-4-3-5-30(31)32/h2-6H,1,7-29,32H2. The Bertz CT molecular complexity index is 731. The van der Waals surface area contributed by atoms with E-state index in [1.54, 1.807) is 12.1 Å². The van der Waals surface area contributed by atoms with Crippen LogP contribution < -0.4 is 10.5 Å². The maximum Gasteiger partial charge on any atom is 0.142 e. The van der Waals surface area contributed by atoms with Gasteiger partial charge in [0, 0.05) is 0 Å². The van der Waals surface area contributed by atoms with Crippen LogP contribution in [0.2, 0.25) is 0 Å². The molecule has 0 unspecified atom stereocenters. The van der Waals surface area contributed by atoms with Crippen molar-refractivity contribution in [1.82, 2.24) is 0 Å². The van der Waals surface area contributed by atoms with E-state index in [4.69, 9.17) is 62.6 Å². The highest BCUT2D eigenvalue weighted by Crippen LogP contribution is 2.19. The quantitative estimate of drug-likeness (QED) is 0.0656. The van der Waals surface area contributed by atoms with E-state index in [0.29, 0.717) is 163 Å². The summed E-state index contributed by atoms with van der Waals surface area (Å²) < 4.78 is 65.3. The van der Waals surface area contributed by atoms with Gasteiger partial charge >= 0.3 is 0 Å². The van der Waals surface area contributed by atoms with Gasteiger partial charge in [-0.3, -0.25) is 0 Å². The molecule has 0 aliphatic rings. The molecule has 0 bridgehead atoms. The van der Waals surface area contributed by atoms with Crippen LogP contribution in [0.5, 0.6) is 5.75 Å². The monoisotopic (exact) mass is 633 g/mol. The van der Waals surface area contributed by atoms with Crippen LogP contribution in [0.25, 0.3) is 0 Å². The largest absolute Gasteiger partial charge is 0.489 e. The number of nitrogens with two attached hydrogens (primary N) is 1. The molecule has 1 rings (SSSR count). The summed E-state index contributed by atoms with van der Waals surface area (Å²) in [6.45, 7) is 15.3. The van der Waals surface area contributed by atoms with Crippen LogP contribution in [0.1, 0.15) is 0 Å². The molecule has 13 heteroatoms. The molecular weight excluding hydrogens is 578 g/mol. The zero-order chi connectivity index (χ0) is 31.4. The van der Waals surface area contributed by atoms with Gasteiger partial charge in [-0.2, -0.15) is 0 Å². The Kier molecular flexibility index (Phi) is 31.0. The van der Waals surface area contributed by atoms with Crippen molar-refractivity contribution >= 4 is 5.69 Å². The number of benzene rings is 1. The second-order valence-electron chi connectivity index (χ2n) is 8.87. The Labute approximate surface area is 263 Å². The molecule has 0 fully saturated rings. The molecule has 0 amide bonds. The summed E-state index contributed by atoms with van der Waals surface area (Å²) in [6, 6.07) is 7.38. The minimum atomic E-state index is 0.438. The number of nitrogen functional groups attached to an aromatic ring is 1. The minimum absolute atomic E-state index is 0.438. The van der Waals surface area contributed by atoms with Gasteiger partial charge in [0.25, 0.3) is 0 Å². The molecule has 0 atom stereocenters. The number of hydrogen-bond acceptors (Lipinski definition) is 13. The van der Waals surface area contributed by atoms with Crippen molar-refractivity contribution < 1.29 is 56.8 Å². The highest BCUT2D eigenvalue weighted by molar-refractivity contribution is 5.51. The lowest BCUT2D eigenvalue weighted by Gasteiger charge is -2.09. The van der Waals surface area contributed by atoms with Gasteiger partial charge in [0.2, 0.25) is 0 Å². The third-order valence-electron chi connectivity index (χ3n) is 5.36. The van der Waals surface area contributed by atoms with Crippen LogP contribution in [-0.4, -0.2) is 152 Å². The summed E-state index contributed by atoms with van der Waals surface area (Å²) in [5, 5.41) is 0. The summed E-state index contributed by atoms with van der Waals surface area (Å²) in [5.74, 6) is 0.668. The summed E-state index contributed by atoms with van der Waals surface area (Å²) in [4.78, 5) is 0. The van der Waals surface area contributed by atoms with Crippen LogP contribution >= 0.6 is 0 Å². The molecule has 256 valence electrons. The van der Waals surface area contributed by atoms with Crippen molar-refractivity contribution in [3.05, 3.63) is 36.9 Å². The van der Waals surface area contributed by atoms with E-state index in [1.807, 2.05) is 18.2 Å². The van der Waals surface area contributed by atoms with Crippen LogP contribution in [0.3, 0.4) is 0 Å². The van der Waals surface area contributed by atoms with Crippen molar-refractivity contribution in [3.8, 4) is 5.75 Å². The summed E-state index contributed by atoms with van der Waals surface area (Å²) in [5.41, 5.74) is 6.43. The number of para-hydroxylation sites is 2. The van der Waals surface area contributed by atoms with Gasteiger partial charge in [-0.1, -0.05) is 18.2 Å². The van der Waals surface area contributed by atoms with Crippen LogP contribution in [-0.2, 0) is 52.1 Å². The van der Waals surface area contributed by atoms with E-state index in [9.17, 15) is 0 Å².